The van der Waals surface area contributed by atoms with Crippen molar-refractivity contribution in [2.45, 2.75) is 57.8 Å². The highest BCUT2D eigenvalue weighted by Crippen LogP contribution is 2.60. The van der Waals surface area contributed by atoms with Crippen LogP contribution < -0.4 is 14.1 Å². The van der Waals surface area contributed by atoms with E-state index in [0.717, 1.165) is 17.5 Å². The van der Waals surface area contributed by atoms with Gasteiger partial charge in [0.2, 0.25) is 0 Å². The van der Waals surface area contributed by atoms with Crippen molar-refractivity contribution in [1.82, 2.24) is 0 Å². The summed E-state index contributed by atoms with van der Waals surface area (Å²) in [6.45, 7) is 2.42. The molecule has 4 rings (SSSR count). The molecule has 0 aromatic heterocycles. The summed E-state index contributed by atoms with van der Waals surface area (Å²) in [5.74, 6) is 1.71. The Labute approximate surface area is 166 Å². The first-order valence-corrected chi connectivity index (χ1v) is 11.4. The average Bonchev–Trinajstić information content (AvgIpc) is 2.64. The fourth-order valence-electron chi connectivity index (χ4n) is 6.03. The second-order valence-corrected chi connectivity index (χ2v) is 9.88. The monoisotopic (exact) mass is 408 g/mol. The average molecular weight is 409 g/mol. The lowest BCUT2D eigenvalue weighted by molar-refractivity contribution is 0.00382. The minimum absolute atomic E-state index is 0.0154. The zero-order valence-corrected chi connectivity index (χ0v) is 17.2. The highest BCUT2D eigenvalue weighted by Gasteiger charge is 2.50. The standard InChI is InChI=1S/C20H28N2O5S/c1-20-7-4-3-5-16(20)14-9-17(22-23)15-11-19(27-28(21,24)25)18(26-2)10-13(15)12(14)6-8-20/h10-12,14,16,23H,3-9H2,1-2H3,(H2,21,24,25)/b22-17+/t12-,14-,16+,20+/m1/s1. The third-order valence-corrected chi connectivity index (χ3v) is 7.68. The predicted octanol–water partition coefficient (Wildman–Crippen LogP) is 3.55. The van der Waals surface area contributed by atoms with Gasteiger partial charge in [0.1, 0.15) is 0 Å². The number of fused-ring (bicyclic) bond motifs is 5. The molecule has 1 aromatic carbocycles. The number of methoxy groups -OCH3 is 1. The van der Waals surface area contributed by atoms with Gasteiger partial charge in [-0.2, -0.15) is 13.6 Å². The minimum atomic E-state index is -4.19. The molecule has 1 aromatic rings. The maximum atomic E-state index is 11.4. The van der Waals surface area contributed by atoms with Crippen LogP contribution in [0, 0.1) is 17.3 Å². The number of hydrogen-bond acceptors (Lipinski definition) is 6. The van der Waals surface area contributed by atoms with Crippen LogP contribution in [-0.4, -0.2) is 26.4 Å². The molecule has 28 heavy (non-hydrogen) atoms. The molecule has 2 saturated carbocycles. The van der Waals surface area contributed by atoms with Gasteiger partial charge >= 0.3 is 10.3 Å². The molecule has 3 aliphatic rings. The summed E-state index contributed by atoms with van der Waals surface area (Å²) < 4.78 is 33.2. The molecule has 3 aliphatic carbocycles. The van der Waals surface area contributed by atoms with E-state index in [0.29, 0.717) is 41.1 Å². The second kappa shape index (κ2) is 6.91. The molecule has 154 valence electrons. The van der Waals surface area contributed by atoms with Gasteiger partial charge in [0.25, 0.3) is 0 Å². The fraction of sp³-hybridized carbons (Fsp3) is 0.650. The largest absolute Gasteiger partial charge is 0.493 e. The van der Waals surface area contributed by atoms with Crippen molar-refractivity contribution in [2.75, 3.05) is 7.11 Å². The van der Waals surface area contributed by atoms with E-state index in [9.17, 15) is 13.6 Å². The molecule has 2 fully saturated rings. The lowest BCUT2D eigenvalue weighted by Gasteiger charge is -2.54. The van der Waals surface area contributed by atoms with Gasteiger partial charge in [-0.15, -0.1) is 0 Å². The van der Waals surface area contributed by atoms with Crippen LogP contribution in [0.4, 0.5) is 0 Å². The molecule has 0 radical (unpaired) electrons. The topological polar surface area (TPSA) is 111 Å². The Morgan fingerprint density at radius 3 is 2.68 bits per heavy atom. The van der Waals surface area contributed by atoms with Gasteiger partial charge in [0.05, 0.1) is 12.8 Å². The van der Waals surface area contributed by atoms with E-state index < -0.39 is 10.3 Å². The van der Waals surface area contributed by atoms with E-state index >= 15 is 0 Å². The van der Waals surface area contributed by atoms with Crippen molar-refractivity contribution in [3.8, 4) is 11.5 Å². The summed E-state index contributed by atoms with van der Waals surface area (Å²) >= 11 is 0. The smallest absolute Gasteiger partial charge is 0.380 e. The Hall–Kier alpha value is -1.80. The Kier molecular flexibility index (Phi) is 4.82. The van der Waals surface area contributed by atoms with E-state index in [2.05, 4.69) is 12.1 Å². The van der Waals surface area contributed by atoms with E-state index in [-0.39, 0.29) is 5.75 Å². The van der Waals surface area contributed by atoms with Gasteiger partial charge in [-0.05, 0) is 73.0 Å². The summed E-state index contributed by atoms with van der Waals surface area (Å²) in [7, 11) is -2.72. The summed E-state index contributed by atoms with van der Waals surface area (Å²) in [6.07, 6.45) is 7.98. The molecule has 4 atom stereocenters. The van der Waals surface area contributed by atoms with Crippen molar-refractivity contribution >= 4 is 16.0 Å². The number of hydrogen-bond donors (Lipinski definition) is 2. The maximum absolute atomic E-state index is 11.4. The van der Waals surface area contributed by atoms with Gasteiger partial charge in [-0.25, -0.2) is 0 Å². The van der Waals surface area contributed by atoms with Crippen molar-refractivity contribution in [2.24, 2.45) is 27.5 Å². The molecule has 0 aliphatic heterocycles. The Balaban J connectivity index is 1.80. The van der Waals surface area contributed by atoms with Crippen LogP contribution in [0.1, 0.15) is 68.9 Å². The van der Waals surface area contributed by atoms with Gasteiger partial charge in [0, 0.05) is 5.56 Å². The molecular weight excluding hydrogens is 380 g/mol. The molecule has 0 heterocycles. The molecule has 0 spiro atoms. The lowest BCUT2D eigenvalue weighted by Crippen LogP contribution is -2.45. The molecule has 0 unspecified atom stereocenters. The van der Waals surface area contributed by atoms with Crippen LogP contribution in [0.3, 0.4) is 0 Å². The fourth-order valence-corrected chi connectivity index (χ4v) is 6.41. The minimum Gasteiger partial charge on any atom is -0.493 e. The SMILES string of the molecule is COc1cc2c(cc1OS(N)(=O)=O)/C(=N/O)C[C@@H]1[C@@H]2CC[C@]2(C)CCCC[C@@H]12. The second-order valence-electron chi connectivity index (χ2n) is 8.73. The Morgan fingerprint density at radius 2 is 2.00 bits per heavy atom. The highest BCUT2D eigenvalue weighted by atomic mass is 32.2. The predicted molar refractivity (Wildman–Crippen MR) is 105 cm³/mol. The van der Waals surface area contributed by atoms with Gasteiger partial charge in [-0.1, -0.05) is 24.9 Å². The van der Waals surface area contributed by atoms with E-state index in [1.165, 1.54) is 39.2 Å². The van der Waals surface area contributed by atoms with Gasteiger partial charge in [-0.3, -0.25) is 0 Å². The number of ether oxygens (including phenoxy) is 1. The first-order valence-electron chi connectivity index (χ1n) is 9.91. The number of rotatable bonds is 3. The van der Waals surface area contributed by atoms with Crippen molar-refractivity contribution in [1.29, 1.82) is 0 Å². The number of benzene rings is 1. The van der Waals surface area contributed by atoms with E-state index in [4.69, 9.17) is 14.1 Å². The molecule has 0 saturated heterocycles. The normalized spacial score (nSPS) is 33.5. The van der Waals surface area contributed by atoms with Gasteiger partial charge in [0.15, 0.2) is 11.5 Å². The number of oxime groups is 1. The van der Waals surface area contributed by atoms with Crippen LogP contribution >= 0.6 is 0 Å². The highest BCUT2D eigenvalue weighted by molar-refractivity contribution is 7.84. The molecule has 0 bridgehead atoms. The van der Waals surface area contributed by atoms with Crippen molar-refractivity contribution in [3.63, 3.8) is 0 Å². The summed E-state index contributed by atoms with van der Waals surface area (Å²) in [5, 5.41) is 18.3. The molecule has 0 amide bonds. The summed E-state index contributed by atoms with van der Waals surface area (Å²) in [4.78, 5) is 0. The summed E-state index contributed by atoms with van der Waals surface area (Å²) in [5.41, 5.74) is 2.71. The van der Waals surface area contributed by atoms with Crippen molar-refractivity contribution < 1.29 is 22.5 Å². The zero-order valence-electron chi connectivity index (χ0n) is 16.3. The number of nitrogens with two attached hydrogens (primary N) is 1. The van der Waals surface area contributed by atoms with Crippen LogP contribution in [0.5, 0.6) is 11.5 Å². The van der Waals surface area contributed by atoms with E-state index in [1.54, 1.807) is 6.07 Å². The lowest BCUT2D eigenvalue weighted by atomic mass is 9.50. The summed E-state index contributed by atoms with van der Waals surface area (Å²) in [6, 6.07) is 3.42. The molecular formula is C20H28N2O5S. The molecule has 8 heteroatoms. The third-order valence-electron chi connectivity index (χ3n) is 7.27. The van der Waals surface area contributed by atoms with Crippen molar-refractivity contribution in [3.05, 3.63) is 23.3 Å². The van der Waals surface area contributed by atoms with Crippen LogP contribution in [-0.2, 0) is 10.3 Å². The van der Waals surface area contributed by atoms with E-state index in [1.807, 2.05) is 6.07 Å². The molecule has 3 N–H and O–H groups in total. The third kappa shape index (κ3) is 3.26. The number of nitrogens with zero attached hydrogens (tertiary/aromatic N) is 1. The van der Waals surface area contributed by atoms with Crippen LogP contribution in [0.15, 0.2) is 17.3 Å². The Bertz CT molecular complexity index is 913. The first-order chi connectivity index (χ1) is 13.3. The Morgan fingerprint density at radius 1 is 1.21 bits per heavy atom. The maximum Gasteiger partial charge on any atom is 0.380 e. The van der Waals surface area contributed by atoms with Crippen LogP contribution in [0.2, 0.25) is 0 Å². The first kappa shape index (κ1) is 19.5. The van der Waals surface area contributed by atoms with Crippen LogP contribution in [0.25, 0.3) is 0 Å². The molecule has 7 nitrogen and oxygen atoms in total. The quantitative estimate of drug-likeness (QED) is 0.587. The zero-order chi connectivity index (χ0) is 20.1. The van der Waals surface area contributed by atoms with Gasteiger partial charge < -0.3 is 14.1 Å².